The molecule has 9 rings (SSSR count). The van der Waals surface area contributed by atoms with Gasteiger partial charge in [-0.3, -0.25) is 0 Å². The Morgan fingerprint density at radius 2 is 1.15 bits per heavy atom. The summed E-state index contributed by atoms with van der Waals surface area (Å²) in [4.78, 5) is 0. The molecular formula is C52H84O22. The third-order valence-electron chi connectivity index (χ3n) is 20.4. The van der Waals surface area contributed by atoms with Crippen molar-refractivity contribution in [1.29, 1.82) is 0 Å². The Balaban J connectivity index is 0.926. The van der Waals surface area contributed by atoms with E-state index >= 15 is 0 Å². The number of ether oxygens (including phenoxy) is 8. The molecule has 0 aromatic rings. The number of allylic oxidation sites excluding steroid dienone is 3. The van der Waals surface area contributed by atoms with Crippen molar-refractivity contribution in [2.45, 2.75) is 216 Å². The van der Waals surface area contributed by atoms with Crippen LogP contribution >= 0.6 is 0 Å². The number of fused-ring (bicyclic) bond motifs is 6. The van der Waals surface area contributed by atoms with Crippen molar-refractivity contribution < 1.29 is 109 Å². The molecule has 22 heteroatoms. The van der Waals surface area contributed by atoms with Crippen molar-refractivity contribution in [3.8, 4) is 0 Å². The van der Waals surface area contributed by atoms with E-state index in [1.54, 1.807) is 0 Å². The van der Waals surface area contributed by atoms with E-state index in [-0.39, 0.29) is 41.3 Å². The second-order valence-corrected chi connectivity index (χ2v) is 25.0. The van der Waals surface area contributed by atoms with Crippen LogP contribution in [0.15, 0.2) is 23.3 Å². The fourth-order valence-corrected chi connectivity index (χ4v) is 15.6. The van der Waals surface area contributed by atoms with E-state index < -0.39 is 165 Å². The van der Waals surface area contributed by atoms with Gasteiger partial charge < -0.3 is 109 Å². The van der Waals surface area contributed by atoms with E-state index in [1.165, 1.54) is 11.1 Å². The lowest BCUT2D eigenvalue weighted by Crippen LogP contribution is -2.67. The van der Waals surface area contributed by atoms with E-state index in [4.69, 9.17) is 37.9 Å². The molecule has 0 aromatic carbocycles. The van der Waals surface area contributed by atoms with E-state index in [0.29, 0.717) is 19.3 Å². The van der Waals surface area contributed by atoms with Crippen LogP contribution in [-0.4, -0.2) is 234 Å². The Hall–Kier alpha value is -1.40. The lowest BCUT2D eigenvalue weighted by molar-refractivity contribution is -0.388. The van der Waals surface area contributed by atoms with Crippen LogP contribution in [0.2, 0.25) is 0 Å². The maximum absolute atomic E-state index is 12.1. The molecule has 4 aliphatic heterocycles. The first-order valence-electron chi connectivity index (χ1n) is 26.6. The summed E-state index contributed by atoms with van der Waals surface area (Å²) >= 11 is 0. The highest BCUT2D eigenvalue weighted by molar-refractivity contribution is 5.47. The highest BCUT2D eigenvalue weighted by Crippen LogP contribution is 2.74. The lowest BCUT2D eigenvalue weighted by atomic mass is 9.35. The number of aliphatic hydroxyl groups is 14. The average Bonchev–Trinajstić information content (AvgIpc) is 3.64. The smallest absolute Gasteiger partial charge is 0.187 e. The third-order valence-corrected chi connectivity index (χ3v) is 20.4. The molecule has 14 N–H and O–H groups in total. The predicted octanol–water partition coefficient (Wildman–Crippen LogP) is -2.42. The van der Waals surface area contributed by atoms with Crippen molar-refractivity contribution in [3.05, 3.63) is 23.3 Å². The zero-order valence-corrected chi connectivity index (χ0v) is 43.3. The Morgan fingerprint density at radius 3 is 1.78 bits per heavy atom. The zero-order chi connectivity index (χ0) is 53.8. The van der Waals surface area contributed by atoms with Crippen LogP contribution in [0.5, 0.6) is 0 Å². The first-order chi connectivity index (χ1) is 34.8. The van der Waals surface area contributed by atoms with E-state index in [0.717, 1.165) is 32.1 Å². The standard InChI is InChI=1S/C52H84O22/c1-47(2)13-14-52(22-57)24(15-47)23-7-8-30-48(3)11-10-32(49(4,21-56)29(48)9-12-50(30,5)51(23,6)16-31(52)58)72-44-40(66)37(63)41(27(19-55)70-44)73-46-42(74-45-39(65)36(62)33(59)25(17-53)69-45)35(61)28(20-67-46)71-43-38(64)34(60)26(18-54)68-43/h7-8,25-46,53-66H,9-22H2,1-6H3/t25-,26+,27-,28+,29-,30-,31-,32+,33-,34+,35+,36+,37-,38-,39-,40-,41-,42-,43-,44+,45+,46+,48+,49+,50-,51-,52-/m1/s1. The van der Waals surface area contributed by atoms with Crippen molar-refractivity contribution in [3.63, 3.8) is 0 Å². The summed E-state index contributed by atoms with van der Waals surface area (Å²) in [5.41, 5.74) is -0.147. The minimum absolute atomic E-state index is 0.0232. The van der Waals surface area contributed by atoms with E-state index in [1.807, 2.05) is 6.92 Å². The van der Waals surface area contributed by atoms with Crippen molar-refractivity contribution in [2.24, 2.45) is 44.3 Å². The fourth-order valence-electron chi connectivity index (χ4n) is 15.6. The van der Waals surface area contributed by atoms with Gasteiger partial charge in [-0.05, 0) is 85.0 Å². The van der Waals surface area contributed by atoms with Gasteiger partial charge in [0.15, 0.2) is 25.2 Å². The molecule has 7 fully saturated rings. The Kier molecular flexibility index (Phi) is 16.2. The van der Waals surface area contributed by atoms with Gasteiger partial charge in [0.1, 0.15) is 85.5 Å². The highest BCUT2D eigenvalue weighted by Gasteiger charge is 2.69. The predicted molar refractivity (Wildman–Crippen MR) is 253 cm³/mol. The van der Waals surface area contributed by atoms with Gasteiger partial charge in [0.25, 0.3) is 0 Å². The van der Waals surface area contributed by atoms with Crippen LogP contribution in [0.1, 0.15) is 92.9 Å². The quantitative estimate of drug-likeness (QED) is 0.0854. The SMILES string of the molecule is CC1(C)CC[C@@]2(CO)C(=C3C=C[C@@H]4[C@@]5(C)CC[C@H](O[C@@H]6O[C@H](CO)[C@@H](O[C@@H]7OC[C@H](O[C@H]8O[C@@H](CO)[C@H](O)[C@H]8O)[C@H](O)[C@H]7O[C@@H]7O[C@H](CO)[C@@H](O)[C@H](O)[C@H]7O)[C@H](O)[C@H]6O)[C@@](C)(CO)[C@@H]5CC[C@@]4(C)[C@]3(C)C[C@H]2O)C1. The molecule has 4 heterocycles. The van der Waals surface area contributed by atoms with Crippen LogP contribution < -0.4 is 0 Å². The van der Waals surface area contributed by atoms with Gasteiger partial charge in [0.05, 0.1) is 51.8 Å². The summed E-state index contributed by atoms with van der Waals surface area (Å²) in [5.74, 6) is -0.0540. The van der Waals surface area contributed by atoms with E-state index in [9.17, 15) is 71.5 Å². The third kappa shape index (κ3) is 9.03. The number of hydrogen-bond acceptors (Lipinski definition) is 22. The van der Waals surface area contributed by atoms with E-state index in [2.05, 4.69) is 46.8 Å². The first kappa shape index (κ1) is 57.3. The molecule has 5 aliphatic carbocycles. The largest absolute Gasteiger partial charge is 0.396 e. The molecule has 0 spiro atoms. The molecule has 0 bridgehead atoms. The van der Waals surface area contributed by atoms with Crippen molar-refractivity contribution >= 4 is 0 Å². The molecule has 3 saturated carbocycles. The van der Waals surface area contributed by atoms with Crippen LogP contribution in [0, 0.1) is 44.3 Å². The van der Waals surface area contributed by atoms with Crippen LogP contribution in [0.3, 0.4) is 0 Å². The molecule has 22 nitrogen and oxygen atoms in total. The van der Waals surface area contributed by atoms with Crippen LogP contribution in [0.4, 0.5) is 0 Å². The average molecular weight is 1060 g/mol. The lowest BCUT2D eigenvalue weighted by Gasteiger charge is -2.70. The summed E-state index contributed by atoms with van der Waals surface area (Å²) in [6.07, 6.45) is -21.3. The Labute approximate surface area is 431 Å². The van der Waals surface area contributed by atoms with Gasteiger partial charge in [-0.25, -0.2) is 0 Å². The molecule has 0 unspecified atom stereocenters. The normalized spacial score (nSPS) is 54.3. The minimum Gasteiger partial charge on any atom is -0.396 e. The summed E-state index contributed by atoms with van der Waals surface area (Å²) < 4.78 is 47.6. The topological polar surface area (TPSA) is 357 Å². The number of aliphatic hydroxyl groups excluding tert-OH is 14. The molecule has 424 valence electrons. The molecule has 0 radical (unpaired) electrons. The van der Waals surface area contributed by atoms with Gasteiger partial charge in [0.2, 0.25) is 0 Å². The minimum atomic E-state index is -1.97. The first-order valence-corrected chi connectivity index (χ1v) is 26.6. The van der Waals surface area contributed by atoms with Gasteiger partial charge in [-0.15, -0.1) is 0 Å². The monoisotopic (exact) mass is 1060 g/mol. The van der Waals surface area contributed by atoms with Gasteiger partial charge >= 0.3 is 0 Å². The summed E-state index contributed by atoms with van der Waals surface area (Å²) in [6.45, 7) is 10.2. The van der Waals surface area contributed by atoms with Crippen molar-refractivity contribution in [1.82, 2.24) is 0 Å². The van der Waals surface area contributed by atoms with Crippen LogP contribution in [0.25, 0.3) is 0 Å². The number of hydrogen-bond donors (Lipinski definition) is 14. The maximum Gasteiger partial charge on any atom is 0.187 e. The second-order valence-electron chi connectivity index (χ2n) is 25.0. The molecule has 0 amide bonds. The molecule has 0 aromatic heterocycles. The van der Waals surface area contributed by atoms with Crippen molar-refractivity contribution in [2.75, 3.05) is 39.6 Å². The summed E-state index contributed by atoms with van der Waals surface area (Å²) in [5, 5.41) is 153. The molecule has 9 aliphatic rings. The highest BCUT2D eigenvalue weighted by atomic mass is 16.8. The Morgan fingerprint density at radius 1 is 0.568 bits per heavy atom. The van der Waals surface area contributed by atoms with Gasteiger partial charge in [-0.1, -0.05) is 59.3 Å². The molecular weight excluding hydrogens is 977 g/mol. The molecule has 27 atom stereocenters. The zero-order valence-electron chi connectivity index (χ0n) is 43.3. The number of rotatable bonds is 13. The fraction of sp³-hybridized carbons (Fsp3) is 0.923. The summed E-state index contributed by atoms with van der Waals surface area (Å²) in [7, 11) is 0. The molecule has 4 saturated heterocycles. The Bertz CT molecular complexity index is 2040. The summed E-state index contributed by atoms with van der Waals surface area (Å²) in [6, 6.07) is 0. The molecule has 74 heavy (non-hydrogen) atoms. The van der Waals surface area contributed by atoms with Gasteiger partial charge in [0, 0.05) is 16.2 Å². The second kappa shape index (κ2) is 20.9. The van der Waals surface area contributed by atoms with Gasteiger partial charge in [-0.2, -0.15) is 0 Å². The maximum atomic E-state index is 12.1. The van der Waals surface area contributed by atoms with Crippen LogP contribution in [-0.2, 0) is 37.9 Å².